The summed E-state index contributed by atoms with van der Waals surface area (Å²) in [5.41, 5.74) is 2.12. The number of halogens is 1. The van der Waals surface area contributed by atoms with E-state index in [4.69, 9.17) is 0 Å². The second kappa shape index (κ2) is 4.41. The highest BCUT2D eigenvalue weighted by Gasteiger charge is 2.28. The molecule has 1 aliphatic rings. The summed E-state index contributed by atoms with van der Waals surface area (Å²) in [5.74, 6) is 0. The number of anilines is 1. The molecule has 0 saturated heterocycles. The molecule has 1 heterocycles. The van der Waals surface area contributed by atoms with Crippen molar-refractivity contribution < 1.29 is 4.92 Å². The summed E-state index contributed by atoms with van der Waals surface area (Å²) in [6, 6.07) is 5.31. The first-order valence-corrected chi connectivity index (χ1v) is 6.16. The van der Waals surface area contributed by atoms with E-state index in [-0.39, 0.29) is 10.6 Å². The first-order valence-electron chi connectivity index (χ1n) is 5.25. The number of benzene rings is 1. The molecule has 16 heavy (non-hydrogen) atoms. The van der Waals surface area contributed by atoms with Gasteiger partial charge < -0.3 is 4.90 Å². The Morgan fingerprint density at radius 3 is 3.00 bits per heavy atom. The summed E-state index contributed by atoms with van der Waals surface area (Å²) < 4.78 is 0. The third-order valence-electron chi connectivity index (χ3n) is 2.73. The number of rotatable bonds is 3. The fraction of sp³-hybridized carbons (Fsp3) is 0.455. The van der Waals surface area contributed by atoms with Crippen LogP contribution >= 0.6 is 15.9 Å². The first kappa shape index (κ1) is 11.4. The average Bonchev–Trinajstić information content (AvgIpc) is 2.60. The van der Waals surface area contributed by atoms with Gasteiger partial charge in [-0.3, -0.25) is 10.1 Å². The van der Waals surface area contributed by atoms with Crippen molar-refractivity contribution in [1.29, 1.82) is 0 Å². The molecule has 0 aliphatic carbocycles. The van der Waals surface area contributed by atoms with Crippen LogP contribution in [0.1, 0.15) is 12.5 Å². The molecule has 2 rings (SSSR count). The quantitative estimate of drug-likeness (QED) is 0.487. The molecular formula is C11H13BrN2O2. The number of nitro benzene ring substituents is 1. The molecule has 0 amide bonds. The van der Waals surface area contributed by atoms with Gasteiger partial charge in [-0.2, -0.15) is 0 Å². The Hall–Kier alpha value is -1.10. The molecule has 86 valence electrons. The van der Waals surface area contributed by atoms with Crippen molar-refractivity contribution in [3.05, 3.63) is 33.9 Å². The Morgan fingerprint density at radius 1 is 1.62 bits per heavy atom. The lowest BCUT2D eigenvalue weighted by Gasteiger charge is -2.20. The second-order valence-electron chi connectivity index (χ2n) is 4.02. The van der Waals surface area contributed by atoms with Gasteiger partial charge in [-0.1, -0.05) is 35.0 Å². The van der Waals surface area contributed by atoms with E-state index < -0.39 is 0 Å². The van der Waals surface area contributed by atoms with Crippen LogP contribution in [0.5, 0.6) is 0 Å². The summed E-state index contributed by atoms with van der Waals surface area (Å²) in [5, 5.41) is 11.0. The number of hydrogen-bond acceptors (Lipinski definition) is 3. The smallest absolute Gasteiger partial charge is 0.292 e. The van der Waals surface area contributed by atoms with Gasteiger partial charge in [0.1, 0.15) is 5.69 Å². The largest absolute Gasteiger partial charge is 0.364 e. The maximum Gasteiger partial charge on any atom is 0.292 e. The molecule has 1 aromatic rings. The van der Waals surface area contributed by atoms with Crippen LogP contribution in [-0.2, 0) is 6.42 Å². The van der Waals surface area contributed by atoms with E-state index in [1.807, 2.05) is 13.0 Å². The Bertz CT molecular complexity index is 420. The van der Waals surface area contributed by atoms with Gasteiger partial charge in [0.05, 0.1) is 4.92 Å². The highest BCUT2D eigenvalue weighted by molar-refractivity contribution is 9.09. The Balaban J connectivity index is 2.39. The topological polar surface area (TPSA) is 46.4 Å². The van der Waals surface area contributed by atoms with E-state index in [2.05, 4.69) is 20.8 Å². The van der Waals surface area contributed by atoms with Gasteiger partial charge >= 0.3 is 0 Å². The summed E-state index contributed by atoms with van der Waals surface area (Å²) >= 11 is 3.49. The zero-order valence-electron chi connectivity index (χ0n) is 9.02. The SMILES string of the molecule is CC(Br)CN1CCc2cccc([N+](=O)[O-])c21. The van der Waals surface area contributed by atoms with Crippen molar-refractivity contribution in [2.75, 3.05) is 18.0 Å². The number of fused-ring (bicyclic) bond motifs is 1. The van der Waals surface area contributed by atoms with Crippen molar-refractivity contribution in [3.8, 4) is 0 Å². The predicted molar refractivity (Wildman–Crippen MR) is 67.4 cm³/mol. The van der Waals surface area contributed by atoms with E-state index in [9.17, 15) is 10.1 Å². The molecule has 0 fully saturated rings. The monoisotopic (exact) mass is 284 g/mol. The second-order valence-corrected chi connectivity index (χ2v) is 5.58. The predicted octanol–water partition coefficient (Wildman–Crippen LogP) is 2.74. The van der Waals surface area contributed by atoms with E-state index >= 15 is 0 Å². The van der Waals surface area contributed by atoms with Gasteiger partial charge in [-0.15, -0.1) is 0 Å². The molecule has 0 spiro atoms. The highest BCUT2D eigenvalue weighted by atomic mass is 79.9. The van der Waals surface area contributed by atoms with Gasteiger partial charge in [0, 0.05) is 24.0 Å². The third-order valence-corrected chi connectivity index (χ3v) is 3.02. The van der Waals surface area contributed by atoms with E-state index in [0.717, 1.165) is 30.8 Å². The van der Waals surface area contributed by atoms with E-state index in [1.165, 1.54) is 0 Å². The number of para-hydroxylation sites is 1. The fourth-order valence-corrected chi connectivity index (χ4v) is 2.49. The molecule has 1 aromatic carbocycles. The van der Waals surface area contributed by atoms with Crippen LogP contribution in [0.4, 0.5) is 11.4 Å². The van der Waals surface area contributed by atoms with Crippen molar-refractivity contribution in [1.82, 2.24) is 0 Å². The van der Waals surface area contributed by atoms with Crippen LogP contribution in [0.2, 0.25) is 0 Å². The maximum atomic E-state index is 11.0. The van der Waals surface area contributed by atoms with Crippen molar-refractivity contribution >= 4 is 27.3 Å². The Labute approximate surface area is 103 Å². The Morgan fingerprint density at radius 2 is 2.38 bits per heavy atom. The molecule has 0 aromatic heterocycles. The van der Waals surface area contributed by atoms with Gasteiger partial charge in [-0.25, -0.2) is 0 Å². The molecule has 1 aliphatic heterocycles. The normalized spacial score (nSPS) is 16.0. The molecule has 0 radical (unpaired) electrons. The third kappa shape index (κ3) is 2.04. The zero-order valence-corrected chi connectivity index (χ0v) is 10.6. The molecule has 5 heteroatoms. The summed E-state index contributed by atoms with van der Waals surface area (Å²) in [4.78, 5) is 13.1. The van der Waals surface area contributed by atoms with Crippen molar-refractivity contribution in [2.45, 2.75) is 18.2 Å². The minimum atomic E-state index is -0.296. The van der Waals surface area contributed by atoms with Crippen LogP contribution in [-0.4, -0.2) is 22.8 Å². The molecule has 4 nitrogen and oxygen atoms in total. The van der Waals surface area contributed by atoms with E-state index in [1.54, 1.807) is 12.1 Å². The van der Waals surface area contributed by atoms with Crippen molar-refractivity contribution in [3.63, 3.8) is 0 Å². The molecule has 1 unspecified atom stereocenters. The number of alkyl halides is 1. The van der Waals surface area contributed by atoms with E-state index in [0.29, 0.717) is 4.83 Å². The summed E-state index contributed by atoms with van der Waals surface area (Å²) in [7, 11) is 0. The lowest BCUT2D eigenvalue weighted by Crippen LogP contribution is -2.27. The minimum absolute atomic E-state index is 0.225. The van der Waals surface area contributed by atoms with Gasteiger partial charge in [0.15, 0.2) is 0 Å². The molecule has 0 saturated carbocycles. The van der Waals surface area contributed by atoms with Crippen LogP contribution in [0.15, 0.2) is 18.2 Å². The zero-order chi connectivity index (χ0) is 11.7. The lowest BCUT2D eigenvalue weighted by molar-refractivity contribution is -0.384. The minimum Gasteiger partial charge on any atom is -0.364 e. The average molecular weight is 285 g/mol. The van der Waals surface area contributed by atoms with Crippen LogP contribution in [0, 0.1) is 10.1 Å². The van der Waals surface area contributed by atoms with Crippen LogP contribution in [0.25, 0.3) is 0 Å². The first-order chi connectivity index (χ1) is 7.59. The van der Waals surface area contributed by atoms with Crippen molar-refractivity contribution in [2.24, 2.45) is 0 Å². The molecular weight excluding hydrogens is 272 g/mol. The highest BCUT2D eigenvalue weighted by Crippen LogP contribution is 2.36. The summed E-state index contributed by atoms with van der Waals surface area (Å²) in [6.07, 6.45) is 0.900. The van der Waals surface area contributed by atoms with Gasteiger partial charge in [0.25, 0.3) is 5.69 Å². The maximum absolute atomic E-state index is 11.0. The van der Waals surface area contributed by atoms with Crippen LogP contribution in [0.3, 0.4) is 0 Å². The van der Waals surface area contributed by atoms with Gasteiger partial charge in [0.2, 0.25) is 0 Å². The van der Waals surface area contributed by atoms with Crippen LogP contribution < -0.4 is 4.90 Å². The van der Waals surface area contributed by atoms with Gasteiger partial charge in [-0.05, 0) is 12.0 Å². The standard InChI is InChI=1S/C11H13BrN2O2/c1-8(12)7-13-6-5-9-3-2-4-10(11(9)13)14(15)16/h2-4,8H,5-7H2,1H3. The number of hydrogen-bond donors (Lipinski definition) is 0. The Kier molecular flexibility index (Phi) is 3.14. The summed E-state index contributed by atoms with van der Waals surface area (Å²) in [6.45, 7) is 3.72. The molecule has 1 atom stereocenters. The fourth-order valence-electron chi connectivity index (χ4n) is 2.15. The molecule has 0 N–H and O–H groups in total. The molecule has 0 bridgehead atoms. The number of nitrogens with zero attached hydrogens (tertiary/aromatic N) is 2. The number of nitro groups is 1. The lowest BCUT2D eigenvalue weighted by atomic mass is 10.1.